The zero-order valence-electron chi connectivity index (χ0n) is 11.1. The lowest BCUT2D eigenvalue weighted by molar-refractivity contribution is 0.0510. The first kappa shape index (κ1) is 12.7. The number of likely N-dealkylation sites (tertiary alicyclic amines) is 1. The van der Waals surface area contributed by atoms with Crippen LogP contribution in [-0.2, 0) is 0 Å². The zero-order chi connectivity index (χ0) is 13.8. The van der Waals surface area contributed by atoms with Crippen LogP contribution in [0.1, 0.15) is 23.4 Å². The van der Waals surface area contributed by atoms with E-state index >= 15 is 0 Å². The number of piperidine rings is 1. The molecule has 1 aliphatic rings. The van der Waals surface area contributed by atoms with Gasteiger partial charge in [-0.3, -0.25) is 9.78 Å². The molecule has 2 aromatic rings. The predicted molar refractivity (Wildman–Crippen MR) is 72.5 cm³/mol. The van der Waals surface area contributed by atoms with Crippen molar-refractivity contribution in [3.63, 3.8) is 0 Å². The van der Waals surface area contributed by atoms with Gasteiger partial charge in [0, 0.05) is 18.9 Å². The van der Waals surface area contributed by atoms with Gasteiger partial charge in [-0.2, -0.15) is 0 Å². The van der Waals surface area contributed by atoms with Crippen LogP contribution < -0.4 is 4.74 Å². The molecule has 5 nitrogen and oxygen atoms in total. The second-order valence-electron chi connectivity index (χ2n) is 4.79. The molecule has 0 aromatic carbocycles. The molecule has 0 bridgehead atoms. The van der Waals surface area contributed by atoms with Crippen molar-refractivity contribution in [3.05, 3.63) is 48.7 Å². The third-order valence-electron chi connectivity index (χ3n) is 3.35. The van der Waals surface area contributed by atoms with Crippen LogP contribution in [0.3, 0.4) is 0 Å². The lowest BCUT2D eigenvalue weighted by Crippen LogP contribution is -2.44. The number of amides is 1. The normalized spacial score (nSPS) is 18.8. The van der Waals surface area contributed by atoms with E-state index in [1.807, 2.05) is 12.1 Å². The summed E-state index contributed by atoms with van der Waals surface area (Å²) in [5.41, 5.74) is 0. The Labute approximate surface area is 117 Å². The summed E-state index contributed by atoms with van der Waals surface area (Å²) in [6.07, 6.45) is 6.81. The molecule has 0 unspecified atom stereocenters. The van der Waals surface area contributed by atoms with Gasteiger partial charge in [-0.15, -0.1) is 0 Å². The van der Waals surface area contributed by atoms with E-state index in [2.05, 4.69) is 4.98 Å². The monoisotopic (exact) mass is 272 g/mol. The number of aromatic nitrogens is 1. The molecule has 1 saturated heterocycles. The molecule has 3 rings (SSSR count). The fourth-order valence-corrected chi connectivity index (χ4v) is 2.38. The van der Waals surface area contributed by atoms with E-state index in [1.165, 1.54) is 6.26 Å². The van der Waals surface area contributed by atoms with Gasteiger partial charge in [-0.05, 0) is 37.1 Å². The molecule has 5 heteroatoms. The third-order valence-corrected chi connectivity index (χ3v) is 3.35. The number of nitrogens with zero attached hydrogens (tertiary/aromatic N) is 2. The molecule has 0 aliphatic carbocycles. The van der Waals surface area contributed by atoms with Crippen molar-refractivity contribution >= 4 is 5.91 Å². The van der Waals surface area contributed by atoms with Crippen LogP contribution in [0.2, 0.25) is 0 Å². The molecule has 2 aromatic heterocycles. The minimum absolute atomic E-state index is 0.0186. The van der Waals surface area contributed by atoms with E-state index in [0.29, 0.717) is 12.3 Å². The molecule has 3 heterocycles. The molecule has 1 aliphatic heterocycles. The first-order valence-corrected chi connectivity index (χ1v) is 6.72. The number of hydrogen-bond donors (Lipinski definition) is 0. The molecule has 1 amide bonds. The predicted octanol–water partition coefficient (Wildman–Crippen LogP) is 2.36. The van der Waals surface area contributed by atoms with Gasteiger partial charge in [-0.25, -0.2) is 0 Å². The number of ether oxygens (including phenoxy) is 1. The van der Waals surface area contributed by atoms with Gasteiger partial charge in [0.05, 0.1) is 12.8 Å². The van der Waals surface area contributed by atoms with Gasteiger partial charge < -0.3 is 14.1 Å². The number of furan rings is 1. The molecule has 1 atom stereocenters. The van der Waals surface area contributed by atoms with Gasteiger partial charge in [0.2, 0.25) is 0 Å². The molecule has 0 spiro atoms. The fraction of sp³-hybridized carbons (Fsp3) is 0.333. The summed E-state index contributed by atoms with van der Waals surface area (Å²) in [5, 5.41) is 0. The summed E-state index contributed by atoms with van der Waals surface area (Å²) >= 11 is 0. The van der Waals surface area contributed by atoms with Crippen LogP contribution in [0.15, 0.2) is 47.3 Å². The summed E-state index contributed by atoms with van der Waals surface area (Å²) in [4.78, 5) is 18.0. The maximum absolute atomic E-state index is 12.2. The highest BCUT2D eigenvalue weighted by Gasteiger charge is 2.26. The van der Waals surface area contributed by atoms with E-state index in [1.54, 1.807) is 29.4 Å². The minimum atomic E-state index is -0.0713. The van der Waals surface area contributed by atoms with E-state index in [9.17, 15) is 4.79 Å². The largest absolute Gasteiger partial charge is 0.488 e. The highest BCUT2D eigenvalue weighted by Crippen LogP contribution is 2.19. The Morgan fingerprint density at radius 2 is 2.20 bits per heavy atom. The Morgan fingerprint density at radius 3 is 2.95 bits per heavy atom. The first-order chi connectivity index (χ1) is 9.83. The molecule has 0 saturated carbocycles. The lowest BCUT2D eigenvalue weighted by Gasteiger charge is -2.32. The van der Waals surface area contributed by atoms with Crippen molar-refractivity contribution in [1.82, 2.24) is 9.88 Å². The molecule has 1 fully saturated rings. The van der Waals surface area contributed by atoms with Crippen molar-refractivity contribution in [2.75, 3.05) is 13.1 Å². The first-order valence-electron chi connectivity index (χ1n) is 6.72. The maximum Gasteiger partial charge on any atom is 0.289 e. The van der Waals surface area contributed by atoms with Crippen LogP contribution in [0.4, 0.5) is 0 Å². The van der Waals surface area contributed by atoms with Crippen LogP contribution in [0, 0.1) is 0 Å². The van der Waals surface area contributed by atoms with E-state index in [4.69, 9.17) is 9.15 Å². The summed E-state index contributed by atoms with van der Waals surface area (Å²) < 4.78 is 11.1. The smallest absolute Gasteiger partial charge is 0.289 e. The summed E-state index contributed by atoms with van der Waals surface area (Å²) in [6, 6.07) is 7.07. The second-order valence-corrected chi connectivity index (χ2v) is 4.79. The molecule has 0 N–H and O–H groups in total. The Kier molecular flexibility index (Phi) is 3.67. The number of pyridine rings is 1. The van der Waals surface area contributed by atoms with Crippen LogP contribution >= 0.6 is 0 Å². The van der Waals surface area contributed by atoms with Gasteiger partial charge >= 0.3 is 0 Å². The molecule has 20 heavy (non-hydrogen) atoms. The molecular formula is C15H16N2O3. The Hall–Kier alpha value is -2.30. The van der Waals surface area contributed by atoms with Gasteiger partial charge in [0.25, 0.3) is 5.91 Å². The standard InChI is InChI=1S/C15H16N2O3/c18-15(14-4-2-10-19-14)17-9-1-3-13(11-17)20-12-5-7-16-8-6-12/h2,4-8,10,13H,1,3,9,11H2/t13-/m0/s1. The number of carbonyl (C=O) groups is 1. The number of rotatable bonds is 3. The van der Waals surface area contributed by atoms with Crippen molar-refractivity contribution in [1.29, 1.82) is 0 Å². The van der Waals surface area contributed by atoms with Crippen LogP contribution in [-0.4, -0.2) is 35.0 Å². The van der Waals surface area contributed by atoms with E-state index in [-0.39, 0.29) is 12.0 Å². The molecular weight excluding hydrogens is 256 g/mol. The van der Waals surface area contributed by atoms with E-state index in [0.717, 1.165) is 25.1 Å². The van der Waals surface area contributed by atoms with Gasteiger partial charge in [0.15, 0.2) is 5.76 Å². The summed E-state index contributed by atoms with van der Waals surface area (Å²) in [6.45, 7) is 1.33. The quantitative estimate of drug-likeness (QED) is 0.860. The van der Waals surface area contributed by atoms with Gasteiger partial charge in [0.1, 0.15) is 11.9 Å². The average Bonchev–Trinajstić information content (AvgIpc) is 3.02. The maximum atomic E-state index is 12.2. The van der Waals surface area contributed by atoms with Crippen LogP contribution in [0.5, 0.6) is 5.75 Å². The third kappa shape index (κ3) is 2.82. The van der Waals surface area contributed by atoms with Crippen molar-refractivity contribution in [3.8, 4) is 5.75 Å². The van der Waals surface area contributed by atoms with Crippen molar-refractivity contribution < 1.29 is 13.9 Å². The number of carbonyl (C=O) groups excluding carboxylic acids is 1. The lowest BCUT2D eigenvalue weighted by atomic mass is 10.1. The highest BCUT2D eigenvalue weighted by atomic mass is 16.5. The molecule has 0 radical (unpaired) electrons. The van der Waals surface area contributed by atoms with Gasteiger partial charge in [-0.1, -0.05) is 0 Å². The number of hydrogen-bond acceptors (Lipinski definition) is 4. The minimum Gasteiger partial charge on any atom is -0.488 e. The summed E-state index contributed by atoms with van der Waals surface area (Å²) in [7, 11) is 0. The second kappa shape index (κ2) is 5.77. The SMILES string of the molecule is O=C(c1ccco1)N1CCC[C@H](Oc2ccncc2)C1. The Balaban J connectivity index is 1.63. The zero-order valence-corrected chi connectivity index (χ0v) is 11.1. The highest BCUT2D eigenvalue weighted by molar-refractivity contribution is 5.91. The van der Waals surface area contributed by atoms with E-state index < -0.39 is 0 Å². The van der Waals surface area contributed by atoms with Crippen molar-refractivity contribution in [2.24, 2.45) is 0 Å². The Bertz CT molecular complexity index is 554. The fourth-order valence-electron chi connectivity index (χ4n) is 2.38. The summed E-state index contributed by atoms with van der Waals surface area (Å²) in [5.74, 6) is 1.10. The van der Waals surface area contributed by atoms with Crippen LogP contribution in [0.25, 0.3) is 0 Å². The Morgan fingerprint density at radius 1 is 1.35 bits per heavy atom. The molecule has 104 valence electrons. The topological polar surface area (TPSA) is 55.6 Å². The average molecular weight is 272 g/mol. The van der Waals surface area contributed by atoms with Crippen molar-refractivity contribution in [2.45, 2.75) is 18.9 Å².